The molecule has 2 rings (SSSR count). The first-order chi connectivity index (χ1) is 6.68. The van der Waals surface area contributed by atoms with Gasteiger partial charge in [-0.15, -0.1) is 0 Å². The number of nitrogens with one attached hydrogen (secondary N) is 1. The maximum absolute atomic E-state index is 10.2. The normalized spacial score (nSPS) is 36.4. The summed E-state index contributed by atoms with van der Waals surface area (Å²) in [6.07, 6.45) is 8.33. The second kappa shape index (κ2) is 4.19. The van der Waals surface area contributed by atoms with Gasteiger partial charge in [-0.2, -0.15) is 0 Å². The van der Waals surface area contributed by atoms with Crippen LogP contribution in [0.1, 0.15) is 51.9 Å². The van der Waals surface area contributed by atoms with Crippen molar-refractivity contribution in [1.29, 1.82) is 0 Å². The van der Waals surface area contributed by atoms with Crippen LogP contribution in [-0.2, 0) is 0 Å². The lowest BCUT2D eigenvalue weighted by molar-refractivity contribution is -0.00134. The zero-order valence-electron chi connectivity index (χ0n) is 9.26. The lowest BCUT2D eigenvalue weighted by atomic mass is 9.80. The van der Waals surface area contributed by atoms with Crippen LogP contribution >= 0.6 is 0 Å². The third kappa shape index (κ3) is 2.48. The molecule has 2 saturated carbocycles. The van der Waals surface area contributed by atoms with Crippen molar-refractivity contribution in [2.45, 2.75) is 63.5 Å². The molecule has 82 valence electrons. The molecule has 0 heterocycles. The summed E-state index contributed by atoms with van der Waals surface area (Å²) in [5.74, 6) is 0.897. The van der Waals surface area contributed by atoms with Crippen molar-refractivity contribution in [3.8, 4) is 0 Å². The third-order valence-electron chi connectivity index (χ3n) is 3.88. The summed E-state index contributed by atoms with van der Waals surface area (Å²) in [4.78, 5) is 0. The largest absolute Gasteiger partial charge is 0.389 e. The molecule has 0 spiro atoms. The molecule has 2 fully saturated rings. The van der Waals surface area contributed by atoms with Crippen molar-refractivity contribution in [1.82, 2.24) is 5.32 Å². The van der Waals surface area contributed by atoms with Crippen molar-refractivity contribution in [3.05, 3.63) is 0 Å². The van der Waals surface area contributed by atoms with E-state index < -0.39 is 0 Å². The van der Waals surface area contributed by atoms with Crippen LogP contribution in [0.4, 0.5) is 0 Å². The number of hydrogen-bond donors (Lipinski definition) is 2. The Morgan fingerprint density at radius 2 is 1.86 bits per heavy atom. The Morgan fingerprint density at radius 3 is 2.43 bits per heavy atom. The zero-order chi connectivity index (χ0) is 10.0. The summed E-state index contributed by atoms with van der Waals surface area (Å²) in [6.45, 7) is 3.12. The van der Waals surface area contributed by atoms with Gasteiger partial charge in [-0.05, 0) is 31.6 Å². The fourth-order valence-corrected chi connectivity index (χ4v) is 2.79. The van der Waals surface area contributed by atoms with E-state index in [4.69, 9.17) is 0 Å². The van der Waals surface area contributed by atoms with Gasteiger partial charge in [0.25, 0.3) is 0 Å². The van der Waals surface area contributed by atoms with E-state index in [0.717, 1.165) is 25.3 Å². The average Bonchev–Trinajstić information content (AvgIpc) is 2.12. The average molecular weight is 197 g/mol. The van der Waals surface area contributed by atoms with E-state index in [1.807, 2.05) is 0 Å². The molecule has 0 radical (unpaired) electrons. The third-order valence-corrected chi connectivity index (χ3v) is 3.88. The molecule has 0 aromatic rings. The first-order valence-electron chi connectivity index (χ1n) is 6.14. The quantitative estimate of drug-likeness (QED) is 0.726. The van der Waals surface area contributed by atoms with Gasteiger partial charge in [0.15, 0.2) is 0 Å². The molecule has 0 atom stereocenters. The highest BCUT2D eigenvalue weighted by molar-refractivity contribution is 4.89. The van der Waals surface area contributed by atoms with Crippen LogP contribution in [-0.4, -0.2) is 23.3 Å². The van der Waals surface area contributed by atoms with E-state index in [1.54, 1.807) is 0 Å². The zero-order valence-corrected chi connectivity index (χ0v) is 9.26. The molecule has 2 aliphatic carbocycles. The smallest absolute Gasteiger partial charge is 0.0771 e. The van der Waals surface area contributed by atoms with Gasteiger partial charge < -0.3 is 10.4 Å². The van der Waals surface area contributed by atoms with Crippen LogP contribution < -0.4 is 5.32 Å². The highest BCUT2D eigenvalue weighted by atomic mass is 16.3. The van der Waals surface area contributed by atoms with Crippen molar-refractivity contribution in [2.75, 3.05) is 6.54 Å². The van der Waals surface area contributed by atoms with E-state index in [1.165, 1.54) is 32.1 Å². The van der Waals surface area contributed by atoms with E-state index in [2.05, 4.69) is 12.2 Å². The number of hydrogen-bond acceptors (Lipinski definition) is 2. The number of aliphatic hydroxyl groups is 1. The summed E-state index contributed by atoms with van der Waals surface area (Å²) in [6, 6.07) is 0.691. The number of rotatable bonds is 3. The monoisotopic (exact) mass is 197 g/mol. The van der Waals surface area contributed by atoms with Gasteiger partial charge in [-0.3, -0.25) is 0 Å². The van der Waals surface area contributed by atoms with E-state index in [0.29, 0.717) is 6.04 Å². The fraction of sp³-hybridized carbons (Fsp3) is 1.00. The summed E-state index contributed by atoms with van der Waals surface area (Å²) < 4.78 is 0. The molecule has 2 heteroatoms. The molecule has 0 unspecified atom stereocenters. The maximum Gasteiger partial charge on any atom is 0.0771 e. The summed E-state index contributed by atoms with van der Waals surface area (Å²) in [7, 11) is 0. The minimum Gasteiger partial charge on any atom is -0.389 e. The SMILES string of the molecule is CC1CC(NCC2(O)CCCCC2)C1. The molecule has 14 heavy (non-hydrogen) atoms. The van der Waals surface area contributed by atoms with E-state index in [-0.39, 0.29) is 5.60 Å². The topological polar surface area (TPSA) is 32.3 Å². The Bertz CT molecular complexity index is 181. The first kappa shape index (κ1) is 10.4. The van der Waals surface area contributed by atoms with Gasteiger partial charge in [0, 0.05) is 12.6 Å². The molecule has 2 nitrogen and oxygen atoms in total. The molecule has 0 saturated heterocycles. The Balaban J connectivity index is 1.68. The second-order valence-electron chi connectivity index (χ2n) is 5.44. The van der Waals surface area contributed by atoms with Crippen LogP contribution in [0.15, 0.2) is 0 Å². The van der Waals surface area contributed by atoms with Crippen LogP contribution in [0.2, 0.25) is 0 Å². The second-order valence-corrected chi connectivity index (χ2v) is 5.44. The molecule has 2 N–H and O–H groups in total. The van der Waals surface area contributed by atoms with Gasteiger partial charge in [-0.25, -0.2) is 0 Å². The molecule has 0 amide bonds. The van der Waals surface area contributed by atoms with Crippen molar-refractivity contribution < 1.29 is 5.11 Å². The lowest BCUT2D eigenvalue weighted by Gasteiger charge is -2.38. The van der Waals surface area contributed by atoms with E-state index in [9.17, 15) is 5.11 Å². The Morgan fingerprint density at radius 1 is 1.21 bits per heavy atom. The Labute approximate surface area is 87.1 Å². The lowest BCUT2D eigenvalue weighted by Crippen LogP contribution is -2.49. The fourth-order valence-electron chi connectivity index (χ4n) is 2.79. The van der Waals surface area contributed by atoms with Crippen LogP contribution in [0.25, 0.3) is 0 Å². The maximum atomic E-state index is 10.2. The van der Waals surface area contributed by atoms with Crippen LogP contribution in [0.5, 0.6) is 0 Å². The van der Waals surface area contributed by atoms with E-state index >= 15 is 0 Å². The highest BCUT2D eigenvalue weighted by Gasteiger charge is 2.32. The molecule has 0 aromatic heterocycles. The van der Waals surface area contributed by atoms with Gasteiger partial charge in [-0.1, -0.05) is 26.2 Å². The van der Waals surface area contributed by atoms with Gasteiger partial charge in [0.1, 0.15) is 0 Å². The van der Waals surface area contributed by atoms with Crippen molar-refractivity contribution in [2.24, 2.45) is 5.92 Å². The molecular weight excluding hydrogens is 174 g/mol. The van der Waals surface area contributed by atoms with Crippen LogP contribution in [0.3, 0.4) is 0 Å². The predicted octanol–water partition coefficient (Wildman–Crippen LogP) is 2.07. The van der Waals surface area contributed by atoms with Crippen molar-refractivity contribution in [3.63, 3.8) is 0 Å². The summed E-state index contributed by atoms with van der Waals surface area (Å²) in [5, 5.41) is 13.8. The molecule has 0 bridgehead atoms. The minimum atomic E-state index is -0.378. The van der Waals surface area contributed by atoms with Gasteiger partial charge >= 0.3 is 0 Å². The van der Waals surface area contributed by atoms with Crippen molar-refractivity contribution >= 4 is 0 Å². The van der Waals surface area contributed by atoms with Gasteiger partial charge in [0.05, 0.1) is 5.60 Å². The van der Waals surface area contributed by atoms with Crippen LogP contribution in [0, 0.1) is 5.92 Å². The highest BCUT2D eigenvalue weighted by Crippen LogP contribution is 2.30. The summed E-state index contributed by atoms with van der Waals surface area (Å²) in [5.41, 5.74) is -0.378. The summed E-state index contributed by atoms with van der Waals surface area (Å²) >= 11 is 0. The van der Waals surface area contributed by atoms with Gasteiger partial charge in [0.2, 0.25) is 0 Å². The molecule has 0 aliphatic heterocycles. The first-order valence-corrected chi connectivity index (χ1v) is 6.14. The standard InChI is InChI=1S/C12H23NO/c1-10-7-11(8-10)13-9-12(14)5-3-2-4-6-12/h10-11,13-14H,2-9H2,1H3. The predicted molar refractivity (Wildman–Crippen MR) is 58.2 cm³/mol. The molecule has 0 aromatic carbocycles. The Hall–Kier alpha value is -0.0800. The molecular formula is C12H23NO. The molecule has 2 aliphatic rings. The Kier molecular flexibility index (Phi) is 3.13. The minimum absolute atomic E-state index is 0.378.